The Morgan fingerprint density at radius 1 is 0.914 bits per heavy atom. The van der Waals surface area contributed by atoms with Gasteiger partial charge in [0.2, 0.25) is 0 Å². The molecule has 1 N–H and O–H groups in total. The van der Waals surface area contributed by atoms with Gasteiger partial charge in [-0.1, -0.05) is 24.3 Å². The highest BCUT2D eigenvalue weighted by atomic mass is 16.4. The first-order chi connectivity index (χ1) is 17.2. The van der Waals surface area contributed by atoms with Gasteiger partial charge in [0.15, 0.2) is 5.76 Å². The molecule has 1 aliphatic rings. The van der Waals surface area contributed by atoms with Gasteiger partial charge in [0.25, 0.3) is 11.5 Å². The van der Waals surface area contributed by atoms with E-state index >= 15 is 0 Å². The van der Waals surface area contributed by atoms with Crippen molar-refractivity contribution in [3.05, 3.63) is 107 Å². The maximum Gasteiger partial charge on any atom is 0.287 e. The topological polar surface area (TPSA) is 96.5 Å². The molecule has 0 bridgehead atoms. The highest BCUT2D eigenvalue weighted by Crippen LogP contribution is 2.18. The van der Waals surface area contributed by atoms with Crippen molar-refractivity contribution in [1.29, 1.82) is 0 Å². The number of carbonyl (C=O) groups is 1. The molecule has 0 saturated carbocycles. The highest BCUT2D eigenvalue weighted by molar-refractivity contribution is 5.91. The van der Waals surface area contributed by atoms with E-state index in [9.17, 15) is 9.59 Å². The van der Waals surface area contributed by atoms with E-state index in [4.69, 9.17) is 4.42 Å². The third-order valence-corrected chi connectivity index (χ3v) is 5.94. The molecule has 1 fully saturated rings. The van der Waals surface area contributed by atoms with Gasteiger partial charge < -0.3 is 19.5 Å². The lowest BCUT2D eigenvalue weighted by atomic mass is 10.2. The summed E-state index contributed by atoms with van der Waals surface area (Å²) in [5.41, 5.74) is 1.88. The van der Waals surface area contributed by atoms with Crippen LogP contribution >= 0.6 is 0 Å². The summed E-state index contributed by atoms with van der Waals surface area (Å²) >= 11 is 0. The van der Waals surface area contributed by atoms with Gasteiger partial charge in [-0.05, 0) is 42.0 Å². The first kappa shape index (κ1) is 22.4. The number of benzene rings is 1. The smallest absolute Gasteiger partial charge is 0.287 e. The Hall–Kier alpha value is -4.40. The first-order valence-corrected chi connectivity index (χ1v) is 11.5. The lowest BCUT2D eigenvalue weighted by Crippen LogP contribution is -2.47. The number of pyridine rings is 1. The van der Waals surface area contributed by atoms with Gasteiger partial charge in [0.1, 0.15) is 18.1 Å². The third-order valence-electron chi connectivity index (χ3n) is 5.94. The largest absolute Gasteiger partial charge is 0.454 e. The quantitative estimate of drug-likeness (QED) is 0.443. The number of piperazine rings is 1. The normalized spacial score (nSPS) is 13.6. The van der Waals surface area contributed by atoms with Crippen molar-refractivity contribution < 1.29 is 9.21 Å². The minimum Gasteiger partial charge on any atom is -0.454 e. The molecule has 4 heterocycles. The zero-order valence-corrected chi connectivity index (χ0v) is 19.2. The fourth-order valence-electron chi connectivity index (χ4n) is 4.06. The minimum atomic E-state index is -0.328. The van der Waals surface area contributed by atoms with Gasteiger partial charge in [-0.25, -0.2) is 4.68 Å². The zero-order chi connectivity index (χ0) is 24.0. The molecule has 1 amide bonds. The number of nitrogens with one attached hydrogen (secondary N) is 1. The number of nitrogens with zero attached hydrogens (tertiary/aromatic N) is 5. The molecule has 178 valence electrons. The molecule has 5 rings (SSSR count). The van der Waals surface area contributed by atoms with E-state index in [1.54, 1.807) is 30.6 Å². The predicted molar refractivity (Wildman–Crippen MR) is 133 cm³/mol. The predicted octanol–water partition coefficient (Wildman–Crippen LogP) is 2.54. The Labute approximate surface area is 202 Å². The molecule has 0 unspecified atom stereocenters. The molecule has 1 saturated heterocycles. The van der Waals surface area contributed by atoms with Crippen LogP contribution in [0.4, 0.5) is 11.5 Å². The molecule has 0 spiro atoms. The molecule has 9 heteroatoms. The molecule has 0 aliphatic carbocycles. The van der Waals surface area contributed by atoms with Gasteiger partial charge in [0.05, 0.1) is 0 Å². The van der Waals surface area contributed by atoms with E-state index in [1.165, 1.54) is 16.4 Å². The van der Waals surface area contributed by atoms with Crippen LogP contribution < -0.4 is 20.7 Å². The van der Waals surface area contributed by atoms with E-state index in [-0.39, 0.29) is 23.8 Å². The van der Waals surface area contributed by atoms with E-state index in [2.05, 4.69) is 37.3 Å². The molecule has 3 aromatic heterocycles. The van der Waals surface area contributed by atoms with Crippen LogP contribution in [-0.2, 0) is 13.1 Å². The lowest BCUT2D eigenvalue weighted by Gasteiger charge is -2.36. The van der Waals surface area contributed by atoms with Gasteiger partial charge in [-0.15, -0.1) is 0 Å². The van der Waals surface area contributed by atoms with Crippen molar-refractivity contribution in [2.24, 2.45) is 0 Å². The number of amides is 1. The summed E-state index contributed by atoms with van der Waals surface area (Å²) in [6.45, 7) is 3.86. The van der Waals surface area contributed by atoms with Gasteiger partial charge in [0, 0.05) is 56.9 Å². The van der Waals surface area contributed by atoms with Crippen LogP contribution in [0.3, 0.4) is 0 Å². The molecule has 35 heavy (non-hydrogen) atoms. The number of furan rings is 1. The summed E-state index contributed by atoms with van der Waals surface area (Å²) in [5, 5.41) is 7.37. The Balaban J connectivity index is 1.21. The second-order valence-electron chi connectivity index (χ2n) is 8.31. The van der Waals surface area contributed by atoms with Crippen LogP contribution in [0, 0.1) is 0 Å². The fourth-order valence-corrected chi connectivity index (χ4v) is 4.06. The van der Waals surface area contributed by atoms with E-state index in [0.717, 1.165) is 37.6 Å². The molecule has 4 aromatic rings. The number of hydrogen-bond acceptors (Lipinski definition) is 7. The lowest BCUT2D eigenvalue weighted by molar-refractivity contribution is 0.0921. The Bertz CT molecular complexity index is 1330. The fraction of sp³-hybridized carbons (Fsp3) is 0.231. The number of para-hydroxylation sites is 1. The molecule has 0 atom stereocenters. The van der Waals surface area contributed by atoms with Crippen molar-refractivity contribution >= 4 is 17.4 Å². The van der Waals surface area contributed by atoms with Gasteiger partial charge >= 0.3 is 0 Å². The zero-order valence-electron chi connectivity index (χ0n) is 19.2. The van der Waals surface area contributed by atoms with Crippen molar-refractivity contribution in [3.63, 3.8) is 0 Å². The molecule has 1 aliphatic heterocycles. The molecule has 0 radical (unpaired) electrons. The van der Waals surface area contributed by atoms with Crippen LogP contribution in [0.1, 0.15) is 21.9 Å². The van der Waals surface area contributed by atoms with Crippen molar-refractivity contribution in [1.82, 2.24) is 20.1 Å². The molecule has 9 nitrogen and oxygen atoms in total. The Morgan fingerprint density at radius 2 is 1.71 bits per heavy atom. The summed E-state index contributed by atoms with van der Waals surface area (Å²) in [7, 11) is 0. The van der Waals surface area contributed by atoms with Gasteiger partial charge in [-0.3, -0.25) is 14.6 Å². The van der Waals surface area contributed by atoms with Crippen LogP contribution in [0.25, 0.3) is 0 Å². The summed E-state index contributed by atoms with van der Waals surface area (Å²) in [6, 6.07) is 20.6. The summed E-state index contributed by atoms with van der Waals surface area (Å²) in [4.78, 5) is 33.4. The molecule has 1 aromatic carbocycles. The minimum absolute atomic E-state index is 0.145. The maximum absolute atomic E-state index is 12.4. The molecular formula is C26H26N6O3. The maximum atomic E-state index is 12.4. The van der Waals surface area contributed by atoms with Crippen molar-refractivity contribution in [3.8, 4) is 0 Å². The Morgan fingerprint density at radius 3 is 2.49 bits per heavy atom. The van der Waals surface area contributed by atoms with E-state index in [1.807, 2.05) is 30.3 Å². The molecular weight excluding hydrogens is 444 g/mol. The van der Waals surface area contributed by atoms with Crippen LogP contribution in [0.2, 0.25) is 0 Å². The first-order valence-electron chi connectivity index (χ1n) is 11.5. The van der Waals surface area contributed by atoms with Crippen LogP contribution in [0.5, 0.6) is 0 Å². The van der Waals surface area contributed by atoms with Crippen molar-refractivity contribution in [2.75, 3.05) is 36.0 Å². The summed E-state index contributed by atoms with van der Waals surface area (Å²) in [6.07, 6.45) is 3.38. The third kappa shape index (κ3) is 5.40. The summed E-state index contributed by atoms with van der Waals surface area (Å²) in [5.74, 6) is 1.09. The monoisotopic (exact) mass is 470 g/mol. The number of carbonyl (C=O) groups excluding carboxylic acids is 1. The Kier molecular flexibility index (Phi) is 6.56. The second kappa shape index (κ2) is 10.3. The summed E-state index contributed by atoms with van der Waals surface area (Å²) < 4.78 is 7.06. The number of rotatable bonds is 7. The van der Waals surface area contributed by atoms with Gasteiger partial charge in [-0.2, -0.15) is 5.10 Å². The second-order valence-corrected chi connectivity index (χ2v) is 8.31. The van der Waals surface area contributed by atoms with Crippen molar-refractivity contribution in [2.45, 2.75) is 13.1 Å². The standard InChI is InChI=1S/C26H26N6O3/c33-25-11-10-24(31-15-13-30(14-16-31)21-6-2-1-3-7-21)29-32(25)19-22-8-9-23(35-22)26(34)28-18-20-5-4-12-27-17-20/h1-12,17H,13-16,18-19H2,(H,28,34). The SMILES string of the molecule is O=C(NCc1cccnc1)c1ccc(Cn2nc(N3CCN(c4ccccc4)CC3)ccc2=O)o1. The average molecular weight is 471 g/mol. The number of hydrogen-bond donors (Lipinski definition) is 1. The van der Waals surface area contributed by atoms with E-state index < -0.39 is 0 Å². The van der Waals surface area contributed by atoms with Crippen LogP contribution in [0.15, 0.2) is 88.3 Å². The average Bonchev–Trinajstić information content (AvgIpc) is 3.38. The van der Waals surface area contributed by atoms with Crippen LogP contribution in [-0.4, -0.2) is 46.9 Å². The highest BCUT2D eigenvalue weighted by Gasteiger charge is 2.19. The number of anilines is 2. The van der Waals surface area contributed by atoms with E-state index in [0.29, 0.717) is 12.3 Å². The number of aromatic nitrogens is 3.